The van der Waals surface area contributed by atoms with Crippen LogP contribution in [0.2, 0.25) is 0 Å². The molecule has 0 amide bonds. The molecule has 2 aliphatic carbocycles. The van der Waals surface area contributed by atoms with Gasteiger partial charge in [-0.15, -0.1) is 0 Å². The van der Waals surface area contributed by atoms with Gasteiger partial charge in [0.15, 0.2) is 5.60 Å². The molecule has 2 saturated carbocycles. The Labute approximate surface area is 135 Å². The second-order valence-corrected chi connectivity index (χ2v) is 7.08. The SMILES string of the molecule is C=C1CCC2C(OC(=O)C2(O)CO)C2C(COC(C)=O)CCC12. The van der Waals surface area contributed by atoms with Crippen molar-refractivity contribution >= 4 is 11.9 Å². The number of esters is 2. The van der Waals surface area contributed by atoms with Crippen molar-refractivity contribution in [3.63, 3.8) is 0 Å². The van der Waals surface area contributed by atoms with Gasteiger partial charge in [-0.3, -0.25) is 4.79 Å². The van der Waals surface area contributed by atoms with E-state index < -0.39 is 30.2 Å². The van der Waals surface area contributed by atoms with Crippen LogP contribution in [0.3, 0.4) is 0 Å². The van der Waals surface area contributed by atoms with Gasteiger partial charge in [0.25, 0.3) is 0 Å². The molecule has 3 rings (SSSR count). The molecule has 6 unspecified atom stereocenters. The smallest absolute Gasteiger partial charge is 0.341 e. The van der Waals surface area contributed by atoms with Crippen LogP contribution in [0.25, 0.3) is 0 Å². The summed E-state index contributed by atoms with van der Waals surface area (Å²) in [5, 5.41) is 20.1. The highest BCUT2D eigenvalue weighted by atomic mass is 16.6. The number of allylic oxidation sites excluding steroid dienone is 1. The van der Waals surface area contributed by atoms with Crippen molar-refractivity contribution in [2.75, 3.05) is 13.2 Å². The van der Waals surface area contributed by atoms with Crippen molar-refractivity contribution in [1.82, 2.24) is 0 Å². The molecule has 6 nitrogen and oxygen atoms in total. The van der Waals surface area contributed by atoms with Crippen molar-refractivity contribution in [1.29, 1.82) is 0 Å². The molecule has 2 N–H and O–H groups in total. The van der Waals surface area contributed by atoms with Crippen LogP contribution < -0.4 is 0 Å². The van der Waals surface area contributed by atoms with Gasteiger partial charge in [0.1, 0.15) is 6.10 Å². The molecule has 0 aromatic carbocycles. The average Bonchev–Trinajstić information content (AvgIpc) is 2.99. The standard InChI is InChI=1S/C17H24O6/c1-9-3-6-13-15(23-16(20)17(13,21)8-18)14-11(4-5-12(9)14)7-22-10(2)19/h11-15,18,21H,1,3-8H2,2H3. The summed E-state index contributed by atoms with van der Waals surface area (Å²) in [6, 6.07) is 0. The first-order chi connectivity index (χ1) is 10.9. The molecule has 3 aliphatic rings. The quantitative estimate of drug-likeness (QED) is 0.589. The summed E-state index contributed by atoms with van der Waals surface area (Å²) >= 11 is 0. The van der Waals surface area contributed by atoms with E-state index in [9.17, 15) is 19.8 Å². The third-order valence-corrected chi connectivity index (χ3v) is 5.89. The van der Waals surface area contributed by atoms with Gasteiger partial charge >= 0.3 is 11.9 Å². The van der Waals surface area contributed by atoms with Crippen LogP contribution in [-0.2, 0) is 19.1 Å². The van der Waals surface area contributed by atoms with Gasteiger partial charge in [-0.2, -0.15) is 0 Å². The van der Waals surface area contributed by atoms with Crippen LogP contribution in [0.4, 0.5) is 0 Å². The number of rotatable bonds is 3. The Balaban J connectivity index is 1.89. The van der Waals surface area contributed by atoms with E-state index in [1.807, 2.05) is 0 Å². The fourth-order valence-corrected chi connectivity index (χ4v) is 4.69. The molecule has 23 heavy (non-hydrogen) atoms. The Morgan fingerprint density at radius 2 is 2.17 bits per heavy atom. The van der Waals surface area contributed by atoms with Gasteiger partial charge in [-0.25, -0.2) is 4.79 Å². The van der Waals surface area contributed by atoms with E-state index in [1.165, 1.54) is 6.92 Å². The van der Waals surface area contributed by atoms with Crippen LogP contribution in [-0.4, -0.2) is 47.1 Å². The maximum Gasteiger partial charge on any atom is 0.341 e. The van der Waals surface area contributed by atoms with Gasteiger partial charge < -0.3 is 19.7 Å². The van der Waals surface area contributed by atoms with Crippen LogP contribution in [0, 0.1) is 23.7 Å². The molecule has 1 aliphatic heterocycles. The van der Waals surface area contributed by atoms with Gasteiger partial charge in [-0.05, 0) is 31.6 Å². The molecule has 6 heteroatoms. The van der Waals surface area contributed by atoms with Crippen molar-refractivity contribution < 1.29 is 29.3 Å². The summed E-state index contributed by atoms with van der Waals surface area (Å²) in [6.07, 6.45) is 2.63. The largest absolute Gasteiger partial charge is 0.466 e. The van der Waals surface area contributed by atoms with Crippen LogP contribution >= 0.6 is 0 Å². The summed E-state index contributed by atoms with van der Waals surface area (Å²) in [6.45, 7) is 5.21. The predicted molar refractivity (Wildman–Crippen MR) is 80.1 cm³/mol. The van der Waals surface area contributed by atoms with E-state index >= 15 is 0 Å². The molecule has 6 atom stereocenters. The second-order valence-electron chi connectivity index (χ2n) is 7.08. The Bertz CT molecular complexity index is 529. The Morgan fingerprint density at radius 1 is 1.43 bits per heavy atom. The highest BCUT2D eigenvalue weighted by Gasteiger charge is 2.61. The Hall–Kier alpha value is -1.40. The number of ether oxygens (including phenoxy) is 2. The zero-order valence-electron chi connectivity index (χ0n) is 13.4. The summed E-state index contributed by atoms with van der Waals surface area (Å²) in [4.78, 5) is 23.2. The second kappa shape index (κ2) is 5.91. The molecule has 0 spiro atoms. The third-order valence-electron chi connectivity index (χ3n) is 5.89. The van der Waals surface area contributed by atoms with Crippen LogP contribution in [0.15, 0.2) is 12.2 Å². The zero-order chi connectivity index (χ0) is 16.8. The van der Waals surface area contributed by atoms with Gasteiger partial charge in [0, 0.05) is 24.7 Å². The van der Waals surface area contributed by atoms with E-state index in [2.05, 4.69) is 6.58 Å². The minimum atomic E-state index is -1.82. The van der Waals surface area contributed by atoms with Gasteiger partial charge in [-0.1, -0.05) is 12.2 Å². The average molecular weight is 324 g/mol. The zero-order valence-corrected chi connectivity index (χ0v) is 13.4. The Morgan fingerprint density at radius 3 is 2.83 bits per heavy atom. The molecule has 0 aromatic heterocycles. The molecular weight excluding hydrogens is 300 g/mol. The number of hydrogen-bond acceptors (Lipinski definition) is 6. The first-order valence-electron chi connectivity index (χ1n) is 8.24. The number of aliphatic hydroxyl groups excluding tert-OH is 1. The van der Waals surface area contributed by atoms with Gasteiger partial charge in [0.2, 0.25) is 0 Å². The van der Waals surface area contributed by atoms with E-state index in [0.717, 1.165) is 18.4 Å². The molecule has 1 saturated heterocycles. The van der Waals surface area contributed by atoms with E-state index in [1.54, 1.807) is 0 Å². The summed E-state index contributed by atoms with van der Waals surface area (Å²) < 4.78 is 10.7. The highest BCUT2D eigenvalue weighted by Crippen LogP contribution is 2.53. The molecule has 128 valence electrons. The maximum absolute atomic E-state index is 12.1. The summed E-state index contributed by atoms with van der Waals surface area (Å²) in [7, 11) is 0. The number of carbonyl (C=O) groups is 2. The Kier molecular flexibility index (Phi) is 4.23. The normalized spacial score (nSPS) is 42.7. The topological polar surface area (TPSA) is 93.1 Å². The minimum Gasteiger partial charge on any atom is -0.466 e. The fraction of sp³-hybridized carbons (Fsp3) is 0.765. The summed E-state index contributed by atoms with van der Waals surface area (Å²) in [5.74, 6) is -1.23. The number of hydrogen-bond donors (Lipinski definition) is 2. The monoisotopic (exact) mass is 324 g/mol. The predicted octanol–water partition coefficient (Wildman–Crippen LogP) is 0.807. The fourth-order valence-electron chi connectivity index (χ4n) is 4.69. The lowest BCUT2D eigenvalue weighted by Crippen LogP contribution is -2.46. The first kappa shape index (κ1) is 16.5. The maximum atomic E-state index is 12.1. The molecular formula is C17H24O6. The van der Waals surface area contributed by atoms with Crippen LogP contribution in [0.1, 0.15) is 32.6 Å². The molecule has 1 heterocycles. The number of aliphatic hydroxyl groups is 2. The lowest BCUT2D eigenvalue weighted by molar-refractivity contribution is -0.160. The van der Waals surface area contributed by atoms with Crippen molar-refractivity contribution in [2.45, 2.75) is 44.3 Å². The molecule has 0 radical (unpaired) electrons. The van der Waals surface area contributed by atoms with Gasteiger partial charge in [0.05, 0.1) is 13.2 Å². The summed E-state index contributed by atoms with van der Waals surface area (Å²) in [5.41, 5.74) is -0.722. The molecule has 0 aromatic rings. The van der Waals surface area contributed by atoms with Crippen molar-refractivity contribution in [3.05, 3.63) is 12.2 Å². The third kappa shape index (κ3) is 2.58. The van der Waals surface area contributed by atoms with E-state index in [0.29, 0.717) is 19.4 Å². The number of fused-ring (bicyclic) bond motifs is 3. The van der Waals surface area contributed by atoms with E-state index in [4.69, 9.17) is 9.47 Å². The lowest BCUT2D eigenvalue weighted by Gasteiger charge is -2.31. The van der Waals surface area contributed by atoms with Crippen LogP contribution in [0.5, 0.6) is 0 Å². The van der Waals surface area contributed by atoms with E-state index in [-0.39, 0.29) is 23.7 Å². The lowest BCUT2D eigenvalue weighted by atomic mass is 9.76. The van der Waals surface area contributed by atoms with Crippen molar-refractivity contribution in [3.8, 4) is 0 Å². The molecule has 0 bridgehead atoms. The van der Waals surface area contributed by atoms with Crippen molar-refractivity contribution in [2.24, 2.45) is 23.7 Å². The first-order valence-corrected chi connectivity index (χ1v) is 8.24. The highest BCUT2D eigenvalue weighted by molar-refractivity contribution is 5.82. The molecule has 3 fully saturated rings. The minimum absolute atomic E-state index is 0.0149. The number of carbonyl (C=O) groups excluding carboxylic acids is 2.